The average Bonchev–Trinajstić information content (AvgIpc) is 3.21. The molecule has 3 rings (SSSR count). The van der Waals surface area contributed by atoms with E-state index >= 15 is 0 Å². The third-order valence-electron chi connectivity index (χ3n) is 5.46. The number of carbonyl (C=O) groups is 2. The van der Waals surface area contributed by atoms with E-state index in [9.17, 15) is 9.59 Å². The van der Waals surface area contributed by atoms with Gasteiger partial charge in [-0.3, -0.25) is 4.79 Å². The Hall–Kier alpha value is -2.08. The topological polar surface area (TPSA) is 61.9 Å². The first-order valence-corrected chi connectivity index (χ1v) is 10.1. The Bertz CT molecular complexity index is 618. The van der Waals surface area contributed by atoms with E-state index in [1.54, 1.807) is 6.92 Å². The second-order valence-electron chi connectivity index (χ2n) is 7.44. The van der Waals surface area contributed by atoms with Gasteiger partial charge in [-0.1, -0.05) is 12.8 Å². The van der Waals surface area contributed by atoms with Crippen molar-refractivity contribution in [2.45, 2.75) is 45.1 Å². The minimum absolute atomic E-state index is 0.0162. The van der Waals surface area contributed by atoms with E-state index in [-0.39, 0.29) is 11.8 Å². The predicted molar refractivity (Wildman–Crippen MR) is 106 cm³/mol. The first-order valence-electron chi connectivity index (χ1n) is 10.1. The maximum atomic E-state index is 12.3. The second kappa shape index (κ2) is 9.74. The molecule has 6 heteroatoms. The van der Waals surface area contributed by atoms with Crippen molar-refractivity contribution in [3.05, 3.63) is 29.8 Å². The smallest absolute Gasteiger partial charge is 0.317 e. The maximum absolute atomic E-state index is 12.3. The fourth-order valence-electron chi connectivity index (χ4n) is 3.76. The van der Waals surface area contributed by atoms with Crippen LogP contribution < -0.4 is 10.2 Å². The van der Waals surface area contributed by atoms with Crippen LogP contribution in [0.4, 0.5) is 10.5 Å². The lowest BCUT2D eigenvalue weighted by Gasteiger charge is -2.36. The molecule has 148 valence electrons. The summed E-state index contributed by atoms with van der Waals surface area (Å²) < 4.78 is 5.82. The Balaban J connectivity index is 1.33. The largest absolute Gasteiger partial charge is 0.378 e. The van der Waals surface area contributed by atoms with Crippen molar-refractivity contribution < 1.29 is 14.3 Å². The van der Waals surface area contributed by atoms with Gasteiger partial charge in [-0.2, -0.15) is 0 Å². The van der Waals surface area contributed by atoms with E-state index in [1.165, 1.54) is 25.7 Å². The molecule has 6 nitrogen and oxygen atoms in total. The van der Waals surface area contributed by atoms with E-state index in [0.717, 1.165) is 37.4 Å². The van der Waals surface area contributed by atoms with Crippen LogP contribution in [0, 0.1) is 0 Å². The Labute approximate surface area is 161 Å². The summed E-state index contributed by atoms with van der Waals surface area (Å²) in [5.74, 6) is 0.0803. The summed E-state index contributed by atoms with van der Waals surface area (Å²) in [7, 11) is 0. The Morgan fingerprint density at radius 3 is 2.37 bits per heavy atom. The van der Waals surface area contributed by atoms with Gasteiger partial charge < -0.3 is 19.9 Å². The van der Waals surface area contributed by atoms with Crippen molar-refractivity contribution >= 4 is 17.5 Å². The summed E-state index contributed by atoms with van der Waals surface area (Å²) in [4.78, 5) is 27.8. The number of piperazine rings is 1. The summed E-state index contributed by atoms with van der Waals surface area (Å²) in [5.41, 5.74) is 1.83. The zero-order valence-corrected chi connectivity index (χ0v) is 16.3. The highest BCUT2D eigenvalue weighted by Gasteiger charge is 2.21. The SMILES string of the molecule is CC(=O)c1ccc(N2CCN(C(=O)NCCCOC3CCCC3)CC2)cc1. The summed E-state index contributed by atoms with van der Waals surface area (Å²) in [6.07, 6.45) is 6.26. The molecule has 1 aromatic carbocycles. The number of carbonyl (C=O) groups excluding carboxylic acids is 2. The van der Waals surface area contributed by atoms with Crippen LogP contribution in [-0.4, -0.2) is 62.1 Å². The van der Waals surface area contributed by atoms with Crippen molar-refractivity contribution in [3.8, 4) is 0 Å². The van der Waals surface area contributed by atoms with Crippen LogP contribution in [0.2, 0.25) is 0 Å². The van der Waals surface area contributed by atoms with E-state index in [2.05, 4.69) is 10.2 Å². The molecule has 1 aromatic rings. The molecule has 0 unspecified atom stereocenters. The number of hydrogen-bond acceptors (Lipinski definition) is 4. The second-order valence-corrected chi connectivity index (χ2v) is 7.44. The number of urea groups is 1. The van der Waals surface area contributed by atoms with Crippen LogP contribution in [0.5, 0.6) is 0 Å². The van der Waals surface area contributed by atoms with Gasteiger partial charge in [0.15, 0.2) is 5.78 Å². The van der Waals surface area contributed by atoms with Gasteiger partial charge in [0.2, 0.25) is 0 Å². The minimum atomic E-state index is 0.0162. The molecule has 0 radical (unpaired) electrons. The Kier molecular flexibility index (Phi) is 7.10. The third-order valence-corrected chi connectivity index (χ3v) is 5.46. The maximum Gasteiger partial charge on any atom is 0.317 e. The van der Waals surface area contributed by atoms with Crippen LogP contribution in [0.3, 0.4) is 0 Å². The van der Waals surface area contributed by atoms with E-state index in [0.29, 0.717) is 25.7 Å². The molecule has 1 saturated heterocycles. The highest BCUT2D eigenvalue weighted by atomic mass is 16.5. The molecule has 0 spiro atoms. The molecule has 2 aliphatic rings. The fraction of sp³-hybridized carbons (Fsp3) is 0.619. The molecule has 1 aliphatic carbocycles. The van der Waals surface area contributed by atoms with Crippen LogP contribution in [0.15, 0.2) is 24.3 Å². The summed E-state index contributed by atoms with van der Waals surface area (Å²) in [6.45, 7) is 5.99. The first-order chi connectivity index (χ1) is 13.1. The summed E-state index contributed by atoms with van der Waals surface area (Å²) >= 11 is 0. The van der Waals surface area contributed by atoms with Gasteiger partial charge >= 0.3 is 6.03 Å². The van der Waals surface area contributed by atoms with E-state index in [4.69, 9.17) is 4.74 Å². The van der Waals surface area contributed by atoms with Gasteiger partial charge in [0, 0.05) is 50.6 Å². The fourth-order valence-corrected chi connectivity index (χ4v) is 3.76. The van der Waals surface area contributed by atoms with Crippen LogP contribution in [0.25, 0.3) is 0 Å². The number of hydrogen-bond donors (Lipinski definition) is 1. The quantitative estimate of drug-likeness (QED) is 0.589. The highest BCUT2D eigenvalue weighted by Crippen LogP contribution is 2.21. The van der Waals surface area contributed by atoms with Gasteiger partial charge in [-0.05, 0) is 50.5 Å². The van der Waals surface area contributed by atoms with E-state index in [1.807, 2.05) is 29.2 Å². The lowest BCUT2D eigenvalue weighted by atomic mass is 10.1. The zero-order valence-electron chi connectivity index (χ0n) is 16.3. The summed E-state index contributed by atoms with van der Waals surface area (Å²) in [5, 5.41) is 3.00. The third kappa shape index (κ3) is 5.70. The number of anilines is 1. The predicted octanol–water partition coefficient (Wildman–Crippen LogP) is 3.07. The lowest BCUT2D eigenvalue weighted by molar-refractivity contribution is 0.0570. The van der Waals surface area contributed by atoms with Crippen molar-refractivity contribution in [2.24, 2.45) is 0 Å². The molecular formula is C21H31N3O3. The number of nitrogens with zero attached hydrogens (tertiary/aromatic N) is 2. The normalized spacial score (nSPS) is 18.0. The number of nitrogens with one attached hydrogen (secondary N) is 1. The number of benzene rings is 1. The van der Waals surface area contributed by atoms with E-state index < -0.39 is 0 Å². The molecule has 1 aliphatic heterocycles. The molecule has 2 amide bonds. The first kappa shape index (κ1) is 19.7. The van der Waals surface area contributed by atoms with Gasteiger partial charge in [-0.15, -0.1) is 0 Å². The Morgan fingerprint density at radius 2 is 1.74 bits per heavy atom. The molecule has 1 saturated carbocycles. The molecule has 0 aromatic heterocycles. The summed E-state index contributed by atoms with van der Waals surface area (Å²) in [6, 6.07) is 7.71. The Morgan fingerprint density at radius 1 is 1.07 bits per heavy atom. The number of ketones is 1. The van der Waals surface area contributed by atoms with Gasteiger partial charge in [-0.25, -0.2) is 4.79 Å². The van der Waals surface area contributed by atoms with Gasteiger partial charge in [0.25, 0.3) is 0 Å². The molecule has 27 heavy (non-hydrogen) atoms. The van der Waals surface area contributed by atoms with Crippen molar-refractivity contribution in [2.75, 3.05) is 44.2 Å². The number of rotatable bonds is 7. The zero-order chi connectivity index (χ0) is 19.1. The monoisotopic (exact) mass is 373 g/mol. The van der Waals surface area contributed by atoms with Crippen molar-refractivity contribution in [3.63, 3.8) is 0 Å². The number of amides is 2. The molecular weight excluding hydrogens is 342 g/mol. The van der Waals surface area contributed by atoms with Crippen molar-refractivity contribution in [1.82, 2.24) is 10.2 Å². The molecule has 2 fully saturated rings. The van der Waals surface area contributed by atoms with Crippen molar-refractivity contribution in [1.29, 1.82) is 0 Å². The van der Waals surface area contributed by atoms with Gasteiger partial charge in [0.1, 0.15) is 0 Å². The molecule has 1 heterocycles. The van der Waals surface area contributed by atoms with Crippen LogP contribution >= 0.6 is 0 Å². The molecule has 0 atom stereocenters. The van der Waals surface area contributed by atoms with Crippen LogP contribution in [-0.2, 0) is 4.74 Å². The molecule has 0 bridgehead atoms. The molecule has 1 N–H and O–H groups in total. The lowest BCUT2D eigenvalue weighted by Crippen LogP contribution is -2.52. The van der Waals surface area contributed by atoms with Crippen LogP contribution in [0.1, 0.15) is 49.4 Å². The number of ether oxygens (including phenoxy) is 1. The number of Topliss-reactive ketones (excluding diaryl/α,β-unsaturated/α-hetero) is 1. The standard InChI is InChI=1S/C21H31N3O3/c1-17(25)18-7-9-19(10-8-18)23-12-14-24(15-13-23)21(26)22-11-4-16-27-20-5-2-3-6-20/h7-10,20H,2-6,11-16H2,1H3,(H,22,26). The highest BCUT2D eigenvalue weighted by molar-refractivity contribution is 5.94. The average molecular weight is 373 g/mol. The van der Waals surface area contributed by atoms with Gasteiger partial charge in [0.05, 0.1) is 6.10 Å². The minimum Gasteiger partial charge on any atom is -0.378 e.